The summed E-state index contributed by atoms with van der Waals surface area (Å²) in [4.78, 5) is 4.35. The standard InChI is InChI=1S/C20H13F3N2S/c21-20(22,23)15-8-11-17-18(12-15)26-19(25-17)24-16-9-6-14(7-10-16)13-4-2-1-3-5-13/h1-12H,(H,24,25). The summed E-state index contributed by atoms with van der Waals surface area (Å²) in [5, 5.41) is 3.72. The molecule has 0 saturated heterocycles. The van der Waals surface area contributed by atoms with E-state index >= 15 is 0 Å². The molecule has 0 bridgehead atoms. The summed E-state index contributed by atoms with van der Waals surface area (Å²) in [6, 6.07) is 21.4. The van der Waals surface area contributed by atoms with E-state index in [1.807, 2.05) is 54.6 Å². The van der Waals surface area contributed by atoms with Crippen molar-refractivity contribution in [3.05, 3.63) is 78.4 Å². The van der Waals surface area contributed by atoms with Gasteiger partial charge in [-0.05, 0) is 41.5 Å². The molecule has 0 amide bonds. The molecule has 4 aromatic rings. The Morgan fingerprint density at radius 2 is 1.50 bits per heavy atom. The number of halogens is 3. The molecule has 4 rings (SSSR count). The molecular formula is C20H13F3N2S. The predicted molar refractivity (Wildman–Crippen MR) is 99.8 cm³/mol. The molecule has 3 aromatic carbocycles. The first kappa shape index (κ1) is 16.6. The average molecular weight is 370 g/mol. The summed E-state index contributed by atoms with van der Waals surface area (Å²) in [7, 11) is 0. The van der Waals surface area contributed by atoms with E-state index in [2.05, 4.69) is 10.3 Å². The van der Waals surface area contributed by atoms with Crippen LogP contribution in [-0.4, -0.2) is 4.98 Å². The van der Waals surface area contributed by atoms with Crippen molar-refractivity contribution < 1.29 is 13.2 Å². The maximum absolute atomic E-state index is 12.8. The molecule has 1 heterocycles. The fourth-order valence-electron chi connectivity index (χ4n) is 2.65. The van der Waals surface area contributed by atoms with Crippen LogP contribution in [0.3, 0.4) is 0 Å². The number of nitrogens with zero attached hydrogens (tertiary/aromatic N) is 1. The van der Waals surface area contributed by atoms with Crippen LogP contribution in [0.1, 0.15) is 5.56 Å². The molecule has 2 nitrogen and oxygen atoms in total. The fourth-order valence-corrected chi connectivity index (χ4v) is 3.58. The summed E-state index contributed by atoms with van der Waals surface area (Å²) in [5.41, 5.74) is 2.94. The Bertz CT molecular complexity index is 1040. The zero-order chi connectivity index (χ0) is 18.1. The smallest absolute Gasteiger partial charge is 0.332 e. The van der Waals surface area contributed by atoms with Gasteiger partial charge in [-0.3, -0.25) is 0 Å². The molecule has 0 aliphatic carbocycles. The molecule has 0 unspecified atom stereocenters. The van der Waals surface area contributed by atoms with E-state index in [9.17, 15) is 13.2 Å². The van der Waals surface area contributed by atoms with Crippen LogP contribution in [0, 0.1) is 0 Å². The minimum atomic E-state index is -4.35. The van der Waals surface area contributed by atoms with E-state index in [4.69, 9.17) is 0 Å². The van der Waals surface area contributed by atoms with Gasteiger partial charge in [0.1, 0.15) is 0 Å². The topological polar surface area (TPSA) is 24.9 Å². The molecule has 1 N–H and O–H groups in total. The summed E-state index contributed by atoms with van der Waals surface area (Å²) in [6.07, 6.45) is -4.35. The number of anilines is 2. The van der Waals surface area contributed by atoms with E-state index < -0.39 is 11.7 Å². The van der Waals surface area contributed by atoms with Gasteiger partial charge in [0.05, 0.1) is 15.8 Å². The molecule has 130 valence electrons. The second kappa shape index (κ2) is 6.46. The number of fused-ring (bicyclic) bond motifs is 1. The van der Waals surface area contributed by atoms with Gasteiger partial charge in [-0.1, -0.05) is 53.8 Å². The number of alkyl halides is 3. The molecule has 0 aliphatic heterocycles. The van der Waals surface area contributed by atoms with Crippen LogP contribution in [0.4, 0.5) is 24.0 Å². The number of hydrogen-bond acceptors (Lipinski definition) is 3. The lowest BCUT2D eigenvalue weighted by Gasteiger charge is -2.05. The molecule has 0 atom stereocenters. The van der Waals surface area contributed by atoms with Crippen LogP contribution in [0.5, 0.6) is 0 Å². The van der Waals surface area contributed by atoms with Gasteiger partial charge in [0.25, 0.3) is 0 Å². The quantitative estimate of drug-likeness (QED) is 0.433. The highest BCUT2D eigenvalue weighted by Gasteiger charge is 2.30. The molecule has 1 aromatic heterocycles. The number of nitrogens with one attached hydrogen (secondary N) is 1. The second-order valence-electron chi connectivity index (χ2n) is 5.77. The van der Waals surface area contributed by atoms with E-state index in [1.54, 1.807) is 0 Å². The van der Waals surface area contributed by atoms with Crippen molar-refractivity contribution in [2.24, 2.45) is 0 Å². The minimum absolute atomic E-state index is 0.503. The van der Waals surface area contributed by atoms with Crippen molar-refractivity contribution in [3.63, 3.8) is 0 Å². The minimum Gasteiger partial charge on any atom is -0.332 e. The molecule has 0 spiro atoms. The van der Waals surface area contributed by atoms with Gasteiger partial charge in [-0.2, -0.15) is 13.2 Å². The number of aromatic nitrogens is 1. The van der Waals surface area contributed by atoms with Crippen LogP contribution in [0.2, 0.25) is 0 Å². The first-order chi connectivity index (χ1) is 12.5. The molecular weight excluding hydrogens is 357 g/mol. The second-order valence-corrected chi connectivity index (χ2v) is 6.80. The third kappa shape index (κ3) is 3.41. The highest BCUT2D eigenvalue weighted by atomic mass is 32.1. The number of thiazole rings is 1. The first-order valence-corrected chi connectivity index (χ1v) is 8.71. The number of benzene rings is 3. The molecule has 0 aliphatic rings. The maximum atomic E-state index is 12.8. The van der Waals surface area contributed by atoms with Gasteiger partial charge in [-0.15, -0.1) is 0 Å². The maximum Gasteiger partial charge on any atom is 0.416 e. The molecule has 6 heteroatoms. The Hall–Kier alpha value is -2.86. The van der Waals surface area contributed by atoms with E-state index in [1.165, 1.54) is 17.4 Å². The van der Waals surface area contributed by atoms with Crippen molar-refractivity contribution in [1.82, 2.24) is 4.98 Å². The van der Waals surface area contributed by atoms with Crippen LogP contribution in [0.15, 0.2) is 72.8 Å². The van der Waals surface area contributed by atoms with Crippen LogP contribution in [-0.2, 0) is 6.18 Å². The van der Waals surface area contributed by atoms with Crippen molar-refractivity contribution in [2.75, 3.05) is 5.32 Å². The van der Waals surface area contributed by atoms with Gasteiger partial charge in [0.2, 0.25) is 0 Å². The summed E-state index contributed by atoms with van der Waals surface area (Å²) < 4.78 is 39.0. The Morgan fingerprint density at radius 1 is 0.808 bits per heavy atom. The van der Waals surface area contributed by atoms with Gasteiger partial charge >= 0.3 is 6.18 Å². The first-order valence-electron chi connectivity index (χ1n) is 7.89. The van der Waals surface area contributed by atoms with Gasteiger partial charge in [-0.25, -0.2) is 4.98 Å². The normalized spacial score (nSPS) is 11.7. The Kier molecular flexibility index (Phi) is 4.12. The van der Waals surface area contributed by atoms with E-state index in [0.717, 1.165) is 28.9 Å². The van der Waals surface area contributed by atoms with Crippen molar-refractivity contribution in [3.8, 4) is 11.1 Å². The van der Waals surface area contributed by atoms with Gasteiger partial charge in [0, 0.05) is 5.69 Å². The van der Waals surface area contributed by atoms with E-state index in [-0.39, 0.29) is 0 Å². The summed E-state index contributed by atoms with van der Waals surface area (Å²) in [6.45, 7) is 0. The van der Waals surface area contributed by atoms with E-state index in [0.29, 0.717) is 15.3 Å². The zero-order valence-corrected chi connectivity index (χ0v) is 14.2. The van der Waals surface area contributed by atoms with Crippen LogP contribution in [0.25, 0.3) is 21.3 Å². The molecule has 0 radical (unpaired) electrons. The van der Waals surface area contributed by atoms with Crippen molar-refractivity contribution in [1.29, 1.82) is 0 Å². The zero-order valence-electron chi connectivity index (χ0n) is 13.4. The number of rotatable bonds is 3. The molecule has 26 heavy (non-hydrogen) atoms. The molecule has 0 fully saturated rings. The SMILES string of the molecule is FC(F)(F)c1ccc2nc(Nc3ccc(-c4ccccc4)cc3)sc2c1. The number of hydrogen-bond donors (Lipinski definition) is 1. The van der Waals surface area contributed by atoms with Gasteiger partial charge < -0.3 is 5.32 Å². The monoisotopic (exact) mass is 370 g/mol. The summed E-state index contributed by atoms with van der Waals surface area (Å²) in [5.74, 6) is 0. The Labute approximate surface area is 151 Å². The largest absolute Gasteiger partial charge is 0.416 e. The summed E-state index contributed by atoms with van der Waals surface area (Å²) >= 11 is 1.20. The van der Waals surface area contributed by atoms with Crippen molar-refractivity contribution >= 4 is 32.4 Å². The van der Waals surface area contributed by atoms with Crippen LogP contribution < -0.4 is 5.32 Å². The van der Waals surface area contributed by atoms with Gasteiger partial charge in [0.15, 0.2) is 5.13 Å². The average Bonchev–Trinajstić information content (AvgIpc) is 3.04. The highest BCUT2D eigenvalue weighted by molar-refractivity contribution is 7.22. The lowest BCUT2D eigenvalue weighted by Crippen LogP contribution is -2.03. The third-order valence-electron chi connectivity index (χ3n) is 3.96. The highest BCUT2D eigenvalue weighted by Crippen LogP contribution is 2.35. The lowest BCUT2D eigenvalue weighted by atomic mass is 10.1. The van der Waals surface area contributed by atoms with Crippen molar-refractivity contribution in [2.45, 2.75) is 6.18 Å². The lowest BCUT2D eigenvalue weighted by molar-refractivity contribution is -0.137. The molecule has 0 saturated carbocycles. The Balaban J connectivity index is 1.57. The predicted octanol–water partition coefficient (Wildman–Crippen LogP) is 6.73. The fraction of sp³-hybridized carbons (Fsp3) is 0.0500. The van der Waals surface area contributed by atoms with Crippen LogP contribution >= 0.6 is 11.3 Å². The third-order valence-corrected chi connectivity index (χ3v) is 4.89. The Morgan fingerprint density at radius 3 is 2.19 bits per heavy atom.